The summed E-state index contributed by atoms with van der Waals surface area (Å²) >= 11 is 0. The quantitative estimate of drug-likeness (QED) is 0.664. The molecule has 1 heteroatoms. The van der Waals surface area contributed by atoms with Crippen LogP contribution >= 0.6 is 0 Å². The van der Waals surface area contributed by atoms with Crippen molar-refractivity contribution in [3.8, 4) is 0 Å². The first-order valence-corrected chi connectivity index (χ1v) is 4.99. The molecule has 1 aromatic rings. The maximum absolute atomic E-state index is 5.36. The highest BCUT2D eigenvalue weighted by molar-refractivity contribution is 5.48. The summed E-state index contributed by atoms with van der Waals surface area (Å²) in [5, 5.41) is 0. The molecule has 0 amide bonds. The van der Waals surface area contributed by atoms with Crippen LogP contribution in [-0.4, -0.2) is 12.7 Å². The normalized spacial score (nSPS) is 20.6. The van der Waals surface area contributed by atoms with Gasteiger partial charge in [0.2, 0.25) is 0 Å². The highest BCUT2D eigenvalue weighted by atomic mass is 16.6. The average Bonchev–Trinajstić information content (AvgIpc) is 3.01. The third-order valence-electron chi connectivity index (χ3n) is 3.03. The van der Waals surface area contributed by atoms with Gasteiger partial charge in [-0.15, -0.1) is 0 Å². The van der Waals surface area contributed by atoms with Crippen molar-refractivity contribution in [2.75, 3.05) is 6.61 Å². The number of ether oxygens (including phenoxy) is 1. The lowest BCUT2D eigenvalue weighted by Gasteiger charge is -2.22. The van der Waals surface area contributed by atoms with E-state index in [1.54, 1.807) is 0 Å². The number of epoxide rings is 1. The number of hydrogen-bond acceptors (Lipinski definition) is 1. The Morgan fingerprint density at radius 2 is 1.93 bits per heavy atom. The standard InChI is InChI=1S/C13H16O/c1-4-10-5-7-11(8-6-10)13(2,3)12-9-14-12/h4-8,12H,1,9H2,2-3H3. The molecule has 0 saturated carbocycles. The van der Waals surface area contributed by atoms with Crippen LogP contribution in [0.25, 0.3) is 6.08 Å². The molecule has 0 bridgehead atoms. The van der Waals surface area contributed by atoms with Gasteiger partial charge in [-0.1, -0.05) is 50.8 Å². The molecule has 74 valence electrons. The van der Waals surface area contributed by atoms with E-state index in [2.05, 4.69) is 44.7 Å². The van der Waals surface area contributed by atoms with Gasteiger partial charge in [0.1, 0.15) is 0 Å². The summed E-state index contributed by atoms with van der Waals surface area (Å²) in [5.41, 5.74) is 2.64. The first kappa shape index (κ1) is 9.47. The van der Waals surface area contributed by atoms with Gasteiger partial charge in [0.15, 0.2) is 0 Å². The second-order valence-electron chi connectivity index (χ2n) is 4.37. The molecule has 0 aliphatic carbocycles. The van der Waals surface area contributed by atoms with E-state index >= 15 is 0 Å². The minimum Gasteiger partial charge on any atom is -0.372 e. The van der Waals surface area contributed by atoms with Crippen LogP contribution in [-0.2, 0) is 10.2 Å². The highest BCUT2D eigenvalue weighted by Gasteiger charge is 2.40. The molecule has 2 rings (SSSR count). The second-order valence-corrected chi connectivity index (χ2v) is 4.37. The van der Waals surface area contributed by atoms with Crippen LogP contribution in [0.4, 0.5) is 0 Å². The zero-order chi connectivity index (χ0) is 10.2. The molecule has 0 radical (unpaired) electrons. The van der Waals surface area contributed by atoms with E-state index in [1.807, 2.05) is 6.08 Å². The molecule has 1 unspecified atom stereocenters. The lowest BCUT2D eigenvalue weighted by atomic mass is 9.81. The van der Waals surface area contributed by atoms with Crippen molar-refractivity contribution in [1.29, 1.82) is 0 Å². The fourth-order valence-corrected chi connectivity index (χ4v) is 1.70. The van der Waals surface area contributed by atoms with Crippen molar-refractivity contribution in [3.05, 3.63) is 42.0 Å². The Labute approximate surface area is 85.4 Å². The molecular weight excluding hydrogens is 172 g/mol. The largest absolute Gasteiger partial charge is 0.372 e. The average molecular weight is 188 g/mol. The lowest BCUT2D eigenvalue weighted by molar-refractivity contribution is 0.319. The fraction of sp³-hybridized carbons (Fsp3) is 0.385. The van der Waals surface area contributed by atoms with Crippen molar-refractivity contribution >= 4 is 6.08 Å². The SMILES string of the molecule is C=Cc1ccc(C(C)(C)C2CO2)cc1. The Hall–Kier alpha value is -1.08. The fourth-order valence-electron chi connectivity index (χ4n) is 1.70. The first-order valence-electron chi connectivity index (χ1n) is 4.99. The Balaban J connectivity index is 2.27. The molecule has 14 heavy (non-hydrogen) atoms. The second kappa shape index (κ2) is 3.25. The summed E-state index contributed by atoms with van der Waals surface area (Å²) in [6.45, 7) is 9.10. The van der Waals surface area contributed by atoms with Crippen LogP contribution in [0.5, 0.6) is 0 Å². The van der Waals surface area contributed by atoms with E-state index in [1.165, 1.54) is 11.1 Å². The Morgan fingerprint density at radius 3 is 2.36 bits per heavy atom. The van der Waals surface area contributed by atoms with Gasteiger partial charge in [0.05, 0.1) is 12.7 Å². The molecule has 1 atom stereocenters. The van der Waals surface area contributed by atoms with Crippen LogP contribution in [0.3, 0.4) is 0 Å². The van der Waals surface area contributed by atoms with Gasteiger partial charge < -0.3 is 4.74 Å². The van der Waals surface area contributed by atoms with E-state index in [9.17, 15) is 0 Å². The minimum atomic E-state index is 0.139. The van der Waals surface area contributed by atoms with E-state index in [-0.39, 0.29) is 5.41 Å². The summed E-state index contributed by atoms with van der Waals surface area (Å²) in [6.07, 6.45) is 2.27. The molecule has 1 nitrogen and oxygen atoms in total. The molecular formula is C13H16O. The summed E-state index contributed by atoms with van der Waals surface area (Å²) in [4.78, 5) is 0. The third kappa shape index (κ3) is 1.60. The molecule has 0 aromatic heterocycles. The van der Waals surface area contributed by atoms with Gasteiger partial charge in [0.25, 0.3) is 0 Å². The number of rotatable bonds is 3. The molecule has 1 aromatic carbocycles. The van der Waals surface area contributed by atoms with Crippen molar-refractivity contribution in [2.24, 2.45) is 0 Å². The number of benzene rings is 1. The van der Waals surface area contributed by atoms with E-state index < -0.39 is 0 Å². The minimum absolute atomic E-state index is 0.139. The topological polar surface area (TPSA) is 12.5 Å². The Morgan fingerprint density at radius 1 is 1.36 bits per heavy atom. The van der Waals surface area contributed by atoms with E-state index in [0.717, 1.165) is 6.61 Å². The molecule has 1 aliphatic rings. The predicted molar refractivity (Wildman–Crippen MR) is 59.3 cm³/mol. The monoisotopic (exact) mass is 188 g/mol. The van der Waals surface area contributed by atoms with Gasteiger partial charge in [-0.2, -0.15) is 0 Å². The summed E-state index contributed by atoms with van der Waals surface area (Å²) in [5.74, 6) is 0. The molecule has 1 saturated heterocycles. The van der Waals surface area contributed by atoms with Crippen molar-refractivity contribution in [1.82, 2.24) is 0 Å². The van der Waals surface area contributed by atoms with Crippen LogP contribution in [0.15, 0.2) is 30.8 Å². The third-order valence-corrected chi connectivity index (χ3v) is 3.03. The smallest absolute Gasteiger partial charge is 0.0900 e. The van der Waals surface area contributed by atoms with Crippen molar-refractivity contribution in [3.63, 3.8) is 0 Å². The van der Waals surface area contributed by atoms with Crippen molar-refractivity contribution in [2.45, 2.75) is 25.4 Å². The maximum atomic E-state index is 5.36. The zero-order valence-corrected chi connectivity index (χ0v) is 8.79. The van der Waals surface area contributed by atoms with Gasteiger partial charge in [-0.25, -0.2) is 0 Å². The molecule has 1 heterocycles. The summed E-state index contributed by atoms with van der Waals surface area (Å²) in [7, 11) is 0. The molecule has 0 spiro atoms. The van der Waals surface area contributed by atoms with Crippen LogP contribution in [0.2, 0.25) is 0 Å². The first-order chi connectivity index (χ1) is 6.64. The molecule has 1 aliphatic heterocycles. The lowest BCUT2D eigenvalue weighted by Crippen LogP contribution is -2.24. The Bertz CT molecular complexity index is 331. The van der Waals surface area contributed by atoms with Gasteiger partial charge >= 0.3 is 0 Å². The summed E-state index contributed by atoms with van der Waals surface area (Å²) < 4.78 is 5.36. The summed E-state index contributed by atoms with van der Waals surface area (Å²) in [6, 6.07) is 8.54. The predicted octanol–water partition coefficient (Wildman–Crippen LogP) is 3.01. The van der Waals surface area contributed by atoms with Crippen LogP contribution < -0.4 is 0 Å². The molecule has 1 fully saturated rings. The maximum Gasteiger partial charge on any atom is 0.0900 e. The van der Waals surface area contributed by atoms with Gasteiger partial charge in [-0.3, -0.25) is 0 Å². The van der Waals surface area contributed by atoms with Crippen LogP contribution in [0, 0.1) is 0 Å². The van der Waals surface area contributed by atoms with Crippen molar-refractivity contribution < 1.29 is 4.74 Å². The Kier molecular flexibility index (Phi) is 2.20. The zero-order valence-electron chi connectivity index (χ0n) is 8.79. The van der Waals surface area contributed by atoms with Crippen LogP contribution in [0.1, 0.15) is 25.0 Å². The van der Waals surface area contributed by atoms with E-state index in [4.69, 9.17) is 4.74 Å². The van der Waals surface area contributed by atoms with Gasteiger partial charge in [-0.05, 0) is 11.1 Å². The molecule has 0 N–H and O–H groups in total. The van der Waals surface area contributed by atoms with Gasteiger partial charge in [0, 0.05) is 5.41 Å². The van der Waals surface area contributed by atoms with E-state index in [0.29, 0.717) is 6.10 Å². The number of hydrogen-bond donors (Lipinski definition) is 0. The highest BCUT2D eigenvalue weighted by Crippen LogP contribution is 2.35.